The summed E-state index contributed by atoms with van der Waals surface area (Å²) >= 11 is 1.11. The number of allylic oxidation sites excluding steroid dienone is 4. The molecule has 0 heterocycles. The average molecular weight is 420 g/mol. The van der Waals surface area contributed by atoms with E-state index in [9.17, 15) is 9.59 Å². The fourth-order valence-corrected chi connectivity index (χ4v) is 3.35. The van der Waals surface area contributed by atoms with E-state index in [-0.39, 0.29) is 0 Å². The molecule has 0 aromatic heterocycles. The summed E-state index contributed by atoms with van der Waals surface area (Å²) in [5, 5.41) is 2.59. The largest absolute Gasteiger partial charge is 0.467 e. The van der Waals surface area contributed by atoms with Crippen molar-refractivity contribution in [2.45, 2.75) is 51.4 Å². The van der Waals surface area contributed by atoms with Crippen LogP contribution in [0.15, 0.2) is 42.5 Å². The van der Waals surface area contributed by atoms with Crippen LogP contribution < -0.4 is 5.32 Å². The molecule has 2 rings (SSSR count). The number of carbonyl (C=O) groups excluding carboxylic acids is 2. The van der Waals surface area contributed by atoms with Gasteiger partial charge in [0.25, 0.3) is 0 Å². The Morgan fingerprint density at radius 1 is 1.14 bits per heavy atom. The first kappa shape index (κ1) is 23.0. The summed E-state index contributed by atoms with van der Waals surface area (Å²) in [5.41, 5.74) is 2.31. The van der Waals surface area contributed by atoms with Crippen LogP contribution in [-0.2, 0) is 18.5 Å². The number of rotatable bonds is 7. The number of esters is 1. The van der Waals surface area contributed by atoms with E-state index in [1.807, 2.05) is 24.3 Å². The van der Waals surface area contributed by atoms with Crippen molar-refractivity contribution in [1.82, 2.24) is 5.32 Å². The molecule has 158 valence electrons. The first-order valence-electron chi connectivity index (χ1n) is 9.49. The average Bonchev–Trinajstić information content (AvgIpc) is 2.69. The van der Waals surface area contributed by atoms with Gasteiger partial charge in [-0.15, -0.1) is 0 Å². The summed E-state index contributed by atoms with van der Waals surface area (Å²) in [6, 6.07) is 6.70. The predicted octanol–water partition coefficient (Wildman–Crippen LogP) is 4.82. The van der Waals surface area contributed by atoms with Gasteiger partial charge in [0, 0.05) is 6.26 Å². The highest BCUT2D eigenvalue weighted by atomic mass is 32.2. The van der Waals surface area contributed by atoms with Crippen molar-refractivity contribution < 1.29 is 23.2 Å². The van der Waals surface area contributed by atoms with Crippen LogP contribution in [-0.4, -0.2) is 37.1 Å². The van der Waals surface area contributed by atoms with Crippen molar-refractivity contribution >= 4 is 29.7 Å². The fourth-order valence-electron chi connectivity index (χ4n) is 2.92. The molecule has 0 saturated carbocycles. The van der Waals surface area contributed by atoms with Gasteiger partial charge < -0.3 is 19.0 Å². The van der Waals surface area contributed by atoms with Gasteiger partial charge in [-0.05, 0) is 62.4 Å². The van der Waals surface area contributed by atoms with Gasteiger partial charge in [0.15, 0.2) is 6.04 Å². The molecule has 1 aliphatic rings. The summed E-state index contributed by atoms with van der Waals surface area (Å²) in [7, 11) is 1.27. The van der Waals surface area contributed by atoms with E-state index in [1.54, 1.807) is 27.0 Å². The Hall–Kier alpha value is -2.25. The number of ether oxygens (including phenoxy) is 2. The zero-order valence-electron chi connectivity index (χ0n) is 17.6. The molecule has 0 spiro atoms. The lowest BCUT2D eigenvalue weighted by Crippen LogP contribution is -2.47. The number of hydrogen-bond acceptors (Lipinski definition) is 6. The standard InChI is InChI=1S/C22H29NO5S/c1-22(2,3)27-21(25)23-18(20(24)26-4)19(28-29-5)17-13-11-16(12-14-17)15-9-7-6-8-10-15/h7,9-14,18-19H,6,8H2,1-5H3,(H,23,25). The zero-order chi connectivity index (χ0) is 21.4. The minimum absolute atomic E-state index is 0.614. The molecular weight excluding hydrogens is 390 g/mol. The first-order valence-corrected chi connectivity index (χ1v) is 10.6. The third-order valence-corrected chi connectivity index (χ3v) is 4.60. The summed E-state index contributed by atoms with van der Waals surface area (Å²) in [6.07, 6.45) is 8.84. The van der Waals surface area contributed by atoms with Crippen LogP contribution in [0.3, 0.4) is 0 Å². The van der Waals surface area contributed by atoms with Crippen LogP contribution in [0.1, 0.15) is 50.8 Å². The second-order valence-electron chi connectivity index (χ2n) is 7.59. The van der Waals surface area contributed by atoms with E-state index in [4.69, 9.17) is 13.7 Å². The highest BCUT2D eigenvalue weighted by Gasteiger charge is 2.34. The van der Waals surface area contributed by atoms with Gasteiger partial charge in [0.05, 0.1) is 7.11 Å². The first-order chi connectivity index (χ1) is 13.7. The quantitative estimate of drug-likeness (QED) is 0.504. The zero-order valence-corrected chi connectivity index (χ0v) is 18.4. The molecule has 6 nitrogen and oxygen atoms in total. The van der Waals surface area contributed by atoms with E-state index in [0.29, 0.717) is 0 Å². The molecule has 2 unspecified atom stereocenters. The van der Waals surface area contributed by atoms with Crippen molar-refractivity contribution in [3.8, 4) is 0 Å². The lowest BCUT2D eigenvalue weighted by Gasteiger charge is -2.27. The molecular formula is C22H29NO5S. The van der Waals surface area contributed by atoms with Crippen LogP contribution in [0.4, 0.5) is 4.79 Å². The van der Waals surface area contributed by atoms with E-state index in [1.165, 1.54) is 12.7 Å². The highest BCUT2D eigenvalue weighted by molar-refractivity contribution is 7.93. The Bertz CT molecular complexity index is 764. The number of nitrogens with one attached hydrogen (secondary N) is 1. The second-order valence-corrected chi connectivity index (χ2v) is 8.12. The third kappa shape index (κ3) is 6.94. The third-order valence-electron chi connectivity index (χ3n) is 4.20. The summed E-state index contributed by atoms with van der Waals surface area (Å²) in [4.78, 5) is 24.7. The van der Waals surface area contributed by atoms with Crippen molar-refractivity contribution in [2.24, 2.45) is 0 Å². The van der Waals surface area contributed by atoms with Crippen LogP contribution >= 0.6 is 12.0 Å². The van der Waals surface area contributed by atoms with Gasteiger partial charge in [0.1, 0.15) is 11.7 Å². The van der Waals surface area contributed by atoms with Crippen LogP contribution in [0, 0.1) is 0 Å². The van der Waals surface area contributed by atoms with Gasteiger partial charge in [0.2, 0.25) is 0 Å². The van der Waals surface area contributed by atoms with Gasteiger partial charge in [-0.2, -0.15) is 0 Å². The molecule has 29 heavy (non-hydrogen) atoms. The molecule has 0 bridgehead atoms. The Morgan fingerprint density at radius 2 is 1.83 bits per heavy atom. The number of benzene rings is 1. The summed E-state index contributed by atoms with van der Waals surface area (Å²) < 4.78 is 15.9. The summed E-state index contributed by atoms with van der Waals surface area (Å²) in [5.74, 6) is -0.614. The van der Waals surface area contributed by atoms with Crippen molar-refractivity contribution in [3.05, 3.63) is 53.6 Å². The van der Waals surface area contributed by atoms with Gasteiger partial charge in [-0.25, -0.2) is 9.59 Å². The van der Waals surface area contributed by atoms with Crippen LogP contribution in [0.25, 0.3) is 5.57 Å². The molecule has 1 aromatic carbocycles. The number of hydrogen-bond donors (Lipinski definition) is 1. The SMILES string of the molecule is COC(=O)C(NC(=O)OC(C)(C)C)C(OSC)c1ccc(C2=CCCC=C2)cc1. The molecule has 7 heteroatoms. The topological polar surface area (TPSA) is 73.9 Å². The Morgan fingerprint density at radius 3 is 2.34 bits per heavy atom. The van der Waals surface area contributed by atoms with Gasteiger partial charge in [-0.1, -0.05) is 42.5 Å². The normalized spacial score (nSPS) is 15.8. The lowest BCUT2D eigenvalue weighted by molar-refractivity contribution is -0.145. The second kappa shape index (κ2) is 10.5. The maximum atomic E-state index is 12.4. The van der Waals surface area contributed by atoms with E-state index in [0.717, 1.165) is 36.0 Å². The molecule has 1 N–H and O–H groups in total. The van der Waals surface area contributed by atoms with E-state index >= 15 is 0 Å². The van der Waals surface area contributed by atoms with Crippen LogP contribution in [0.5, 0.6) is 0 Å². The van der Waals surface area contributed by atoms with E-state index < -0.39 is 29.8 Å². The van der Waals surface area contributed by atoms with E-state index in [2.05, 4.69) is 23.5 Å². The number of alkyl carbamates (subject to hydrolysis) is 1. The minimum atomic E-state index is -1.05. The predicted molar refractivity (Wildman–Crippen MR) is 115 cm³/mol. The van der Waals surface area contributed by atoms with Crippen molar-refractivity contribution in [1.29, 1.82) is 0 Å². The lowest BCUT2D eigenvalue weighted by atomic mass is 9.96. The molecule has 1 aliphatic carbocycles. The van der Waals surface area contributed by atoms with Gasteiger partial charge in [-0.3, -0.25) is 0 Å². The maximum Gasteiger partial charge on any atom is 0.408 e. The minimum Gasteiger partial charge on any atom is -0.467 e. The molecule has 0 saturated heterocycles. The molecule has 1 amide bonds. The molecule has 2 atom stereocenters. The fraction of sp³-hybridized carbons (Fsp3) is 0.455. The summed E-state index contributed by atoms with van der Waals surface area (Å²) in [6.45, 7) is 5.26. The number of methoxy groups -OCH3 is 1. The number of amides is 1. The van der Waals surface area contributed by atoms with Crippen molar-refractivity contribution in [2.75, 3.05) is 13.4 Å². The highest BCUT2D eigenvalue weighted by Crippen LogP contribution is 2.29. The molecule has 0 radical (unpaired) electrons. The molecule has 0 aliphatic heterocycles. The molecule has 0 fully saturated rings. The Balaban J connectivity index is 2.26. The Kier molecular flexibility index (Phi) is 8.34. The maximum absolute atomic E-state index is 12.4. The van der Waals surface area contributed by atoms with Crippen LogP contribution in [0.2, 0.25) is 0 Å². The van der Waals surface area contributed by atoms with Crippen molar-refractivity contribution in [3.63, 3.8) is 0 Å². The smallest absolute Gasteiger partial charge is 0.408 e. The van der Waals surface area contributed by atoms with Gasteiger partial charge >= 0.3 is 12.1 Å². The monoisotopic (exact) mass is 419 g/mol. The molecule has 1 aromatic rings. The number of carbonyl (C=O) groups is 2. The Labute approximate surface area is 176 Å².